The standard InChI is InChI=1S/C18H15NO5S2/c1-2-23-12-5-3-11(4-6-12)14-8-7-13(24-14)9-15-17(22)19(10-16(20)21)18(25)26-15/h3-9H,2,10H2,1H3,(H,20,21)/b15-9+. The molecular formula is C18H15NO5S2. The SMILES string of the molecule is CCOc1ccc(-c2ccc(/C=C3/SC(=S)N(CC(=O)O)C3=O)o2)cc1. The van der Waals surface area contributed by atoms with Gasteiger partial charge in [-0.25, -0.2) is 0 Å². The highest BCUT2D eigenvalue weighted by Gasteiger charge is 2.33. The number of thioether (sulfide) groups is 1. The molecule has 134 valence electrons. The van der Waals surface area contributed by atoms with E-state index in [4.69, 9.17) is 26.5 Å². The summed E-state index contributed by atoms with van der Waals surface area (Å²) in [7, 11) is 0. The van der Waals surface area contributed by atoms with Crippen molar-refractivity contribution in [2.24, 2.45) is 0 Å². The van der Waals surface area contributed by atoms with Crippen molar-refractivity contribution in [3.05, 3.63) is 47.1 Å². The zero-order chi connectivity index (χ0) is 18.7. The van der Waals surface area contributed by atoms with Gasteiger partial charge in [-0.15, -0.1) is 0 Å². The molecule has 3 rings (SSSR count). The van der Waals surface area contributed by atoms with Crippen molar-refractivity contribution in [3.63, 3.8) is 0 Å². The first-order chi connectivity index (χ1) is 12.5. The number of carboxylic acid groups (broad SMARTS) is 1. The van der Waals surface area contributed by atoms with Gasteiger partial charge in [-0.3, -0.25) is 14.5 Å². The minimum Gasteiger partial charge on any atom is -0.494 e. The third-order valence-electron chi connectivity index (χ3n) is 3.52. The zero-order valence-corrected chi connectivity index (χ0v) is 15.4. The van der Waals surface area contributed by atoms with Gasteiger partial charge in [-0.2, -0.15) is 0 Å². The normalized spacial score (nSPS) is 15.7. The number of hydrogen-bond acceptors (Lipinski definition) is 6. The molecule has 0 bridgehead atoms. The summed E-state index contributed by atoms with van der Waals surface area (Å²) in [5.41, 5.74) is 0.881. The molecule has 0 atom stereocenters. The average molecular weight is 389 g/mol. The third kappa shape index (κ3) is 3.97. The van der Waals surface area contributed by atoms with Gasteiger partial charge in [0.1, 0.15) is 28.1 Å². The molecule has 6 nitrogen and oxygen atoms in total. The second kappa shape index (κ2) is 7.76. The Morgan fingerprint density at radius 2 is 2.04 bits per heavy atom. The number of carbonyl (C=O) groups is 2. The average Bonchev–Trinajstić information content (AvgIpc) is 3.16. The minimum atomic E-state index is -1.11. The highest BCUT2D eigenvalue weighted by molar-refractivity contribution is 8.26. The summed E-state index contributed by atoms with van der Waals surface area (Å²) in [6, 6.07) is 11.0. The topological polar surface area (TPSA) is 80.0 Å². The van der Waals surface area contributed by atoms with Crippen LogP contribution in [0.5, 0.6) is 5.75 Å². The van der Waals surface area contributed by atoms with Crippen molar-refractivity contribution in [2.45, 2.75) is 6.92 Å². The van der Waals surface area contributed by atoms with Crippen LogP contribution in [0, 0.1) is 0 Å². The predicted octanol–water partition coefficient (Wildman–Crippen LogP) is 3.63. The number of aliphatic carboxylic acids is 1. The Morgan fingerprint density at radius 1 is 1.31 bits per heavy atom. The highest BCUT2D eigenvalue weighted by Crippen LogP contribution is 2.33. The van der Waals surface area contributed by atoms with E-state index in [2.05, 4.69) is 0 Å². The summed E-state index contributed by atoms with van der Waals surface area (Å²) < 4.78 is 11.4. The molecule has 1 saturated heterocycles. The maximum absolute atomic E-state index is 12.3. The van der Waals surface area contributed by atoms with Gasteiger partial charge in [0.25, 0.3) is 5.91 Å². The van der Waals surface area contributed by atoms with E-state index in [-0.39, 0.29) is 4.32 Å². The fourth-order valence-corrected chi connectivity index (χ4v) is 3.60. The zero-order valence-electron chi connectivity index (χ0n) is 13.8. The van der Waals surface area contributed by atoms with Crippen molar-refractivity contribution in [3.8, 4) is 17.1 Å². The van der Waals surface area contributed by atoms with Crippen molar-refractivity contribution in [2.75, 3.05) is 13.2 Å². The van der Waals surface area contributed by atoms with E-state index in [9.17, 15) is 9.59 Å². The van der Waals surface area contributed by atoms with Crippen LogP contribution in [-0.4, -0.2) is 39.4 Å². The van der Waals surface area contributed by atoms with E-state index in [0.717, 1.165) is 28.0 Å². The lowest BCUT2D eigenvalue weighted by atomic mass is 10.2. The first-order valence-corrected chi connectivity index (χ1v) is 9.00. The van der Waals surface area contributed by atoms with Crippen LogP contribution in [0.3, 0.4) is 0 Å². The summed E-state index contributed by atoms with van der Waals surface area (Å²) in [5, 5.41) is 8.86. The second-order valence-corrected chi connectivity index (χ2v) is 7.00. The van der Waals surface area contributed by atoms with E-state index >= 15 is 0 Å². The number of benzene rings is 1. The monoisotopic (exact) mass is 389 g/mol. The molecule has 2 heterocycles. The summed E-state index contributed by atoms with van der Waals surface area (Å²) >= 11 is 6.13. The molecule has 1 fully saturated rings. The lowest BCUT2D eigenvalue weighted by molar-refractivity contribution is -0.140. The van der Waals surface area contributed by atoms with Crippen LogP contribution in [0.4, 0.5) is 0 Å². The summed E-state index contributed by atoms with van der Waals surface area (Å²) in [6.07, 6.45) is 1.57. The summed E-state index contributed by atoms with van der Waals surface area (Å²) in [4.78, 5) is 24.5. The number of amides is 1. The molecule has 0 radical (unpaired) electrons. The second-order valence-electron chi connectivity index (χ2n) is 5.32. The number of rotatable bonds is 6. The van der Waals surface area contributed by atoms with Crippen LogP contribution in [0.15, 0.2) is 45.7 Å². The summed E-state index contributed by atoms with van der Waals surface area (Å²) in [5.74, 6) is 0.384. The van der Waals surface area contributed by atoms with Crippen LogP contribution >= 0.6 is 24.0 Å². The molecule has 0 spiro atoms. The van der Waals surface area contributed by atoms with Crippen molar-refractivity contribution < 1.29 is 23.8 Å². The van der Waals surface area contributed by atoms with E-state index in [1.54, 1.807) is 18.2 Å². The molecule has 0 aliphatic carbocycles. The van der Waals surface area contributed by atoms with E-state index in [1.165, 1.54) is 0 Å². The van der Waals surface area contributed by atoms with E-state index < -0.39 is 18.4 Å². The van der Waals surface area contributed by atoms with Gasteiger partial charge in [0.2, 0.25) is 0 Å². The van der Waals surface area contributed by atoms with Crippen molar-refractivity contribution in [1.82, 2.24) is 4.90 Å². The van der Waals surface area contributed by atoms with E-state index in [0.29, 0.717) is 23.0 Å². The molecule has 1 N–H and O–H groups in total. The van der Waals surface area contributed by atoms with Crippen LogP contribution in [0.25, 0.3) is 17.4 Å². The maximum atomic E-state index is 12.3. The van der Waals surface area contributed by atoms with Crippen molar-refractivity contribution >= 4 is 46.3 Å². The van der Waals surface area contributed by atoms with Crippen LogP contribution in [0.1, 0.15) is 12.7 Å². The Balaban J connectivity index is 1.77. The van der Waals surface area contributed by atoms with Gasteiger partial charge < -0.3 is 14.3 Å². The number of hydrogen-bond donors (Lipinski definition) is 1. The van der Waals surface area contributed by atoms with Crippen LogP contribution < -0.4 is 4.74 Å². The number of nitrogens with zero attached hydrogens (tertiary/aromatic N) is 1. The number of thiocarbonyl (C=S) groups is 1. The molecule has 2 aromatic rings. The van der Waals surface area contributed by atoms with Gasteiger partial charge in [0, 0.05) is 11.6 Å². The molecule has 26 heavy (non-hydrogen) atoms. The molecule has 1 aromatic carbocycles. The lowest BCUT2D eigenvalue weighted by Crippen LogP contribution is -2.33. The Hall–Kier alpha value is -2.58. The first-order valence-electron chi connectivity index (χ1n) is 7.78. The van der Waals surface area contributed by atoms with Crippen LogP contribution in [0.2, 0.25) is 0 Å². The molecule has 0 saturated carbocycles. The minimum absolute atomic E-state index is 0.224. The number of furan rings is 1. The molecule has 1 aliphatic rings. The number of carbonyl (C=O) groups excluding carboxylic acids is 1. The Labute approximate surface area is 159 Å². The predicted molar refractivity (Wildman–Crippen MR) is 103 cm³/mol. The Morgan fingerprint density at radius 3 is 2.69 bits per heavy atom. The fraction of sp³-hybridized carbons (Fsp3) is 0.167. The molecule has 0 unspecified atom stereocenters. The largest absolute Gasteiger partial charge is 0.494 e. The third-order valence-corrected chi connectivity index (χ3v) is 4.89. The van der Waals surface area contributed by atoms with Crippen molar-refractivity contribution in [1.29, 1.82) is 0 Å². The van der Waals surface area contributed by atoms with Crippen LogP contribution in [-0.2, 0) is 9.59 Å². The highest BCUT2D eigenvalue weighted by atomic mass is 32.2. The number of ether oxygens (including phenoxy) is 1. The lowest BCUT2D eigenvalue weighted by Gasteiger charge is -2.09. The van der Waals surface area contributed by atoms with Gasteiger partial charge in [0.05, 0.1) is 11.5 Å². The molecule has 1 aromatic heterocycles. The maximum Gasteiger partial charge on any atom is 0.323 e. The first kappa shape index (κ1) is 18.2. The molecular weight excluding hydrogens is 374 g/mol. The Kier molecular flexibility index (Phi) is 5.43. The summed E-state index contributed by atoms with van der Waals surface area (Å²) in [6.45, 7) is 2.08. The number of carboxylic acids is 1. The molecule has 1 aliphatic heterocycles. The van der Waals surface area contributed by atoms with Gasteiger partial charge in [-0.05, 0) is 43.3 Å². The quantitative estimate of drug-likeness (QED) is 0.597. The smallest absolute Gasteiger partial charge is 0.323 e. The van der Waals surface area contributed by atoms with Gasteiger partial charge in [0.15, 0.2) is 0 Å². The van der Waals surface area contributed by atoms with Gasteiger partial charge >= 0.3 is 5.97 Å². The Bertz CT molecular complexity index is 885. The van der Waals surface area contributed by atoms with Gasteiger partial charge in [-0.1, -0.05) is 24.0 Å². The molecule has 8 heteroatoms. The van der Waals surface area contributed by atoms with E-state index in [1.807, 2.05) is 31.2 Å². The molecule has 1 amide bonds. The fourth-order valence-electron chi connectivity index (χ4n) is 2.37.